The molecule has 0 spiro atoms. The van der Waals surface area contributed by atoms with Crippen LogP contribution >= 0.6 is 15.9 Å². The van der Waals surface area contributed by atoms with Crippen molar-refractivity contribution in [1.82, 2.24) is 0 Å². The third-order valence-electron chi connectivity index (χ3n) is 1.40. The molecule has 0 N–H and O–H groups in total. The van der Waals surface area contributed by atoms with Gasteiger partial charge in [0.25, 0.3) is 0 Å². The Morgan fingerprint density at radius 1 is 1.07 bits per heavy atom. The number of hydrogen-bond acceptors (Lipinski definition) is 1. The number of halogens is 5. The molecular formula is C8H5BrF4O. The Bertz CT molecular complexity index is 343. The maximum absolute atomic E-state index is 12.8. The molecule has 0 aliphatic heterocycles. The SMILES string of the molecule is Fc1cc(OCCBr)c(F)c(F)c1F. The molecule has 0 amide bonds. The van der Waals surface area contributed by atoms with Gasteiger partial charge in [0, 0.05) is 11.4 Å². The summed E-state index contributed by atoms with van der Waals surface area (Å²) in [7, 11) is 0. The van der Waals surface area contributed by atoms with Crippen molar-refractivity contribution in [2.75, 3.05) is 11.9 Å². The van der Waals surface area contributed by atoms with E-state index in [1.54, 1.807) is 0 Å². The van der Waals surface area contributed by atoms with Gasteiger partial charge in [-0.3, -0.25) is 0 Å². The van der Waals surface area contributed by atoms with Crippen LogP contribution in [0.4, 0.5) is 17.6 Å². The Balaban J connectivity index is 3.06. The molecule has 0 atom stereocenters. The summed E-state index contributed by atoms with van der Waals surface area (Å²) in [6, 6.07) is 0.469. The molecule has 0 saturated carbocycles. The summed E-state index contributed by atoms with van der Waals surface area (Å²) in [4.78, 5) is 0. The Kier molecular flexibility index (Phi) is 3.74. The molecule has 1 rings (SSSR count). The molecule has 0 aromatic heterocycles. The minimum atomic E-state index is -1.87. The van der Waals surface area contributed by atoms with Crippen molar-refractivity contribution < 1.29 is 22.3 Å². The summed E-state index contributed by atoms with van der Waals surface area (Å²) >= 11 is 2.97. The van der Waals surface area contributed by atoms with Gasteiger partial charge >= 0.3 is 0 Å². The molecule has 0 heterocycles. The molecular weight excluding hydrogens is 268 g/mol. The average Bonchev–Trinajstić information content (AvgIpc) is 2.18. The van der Waals surface area contributed by atoms with E-state index in [0.29, 0.717) is 11.4 Å². The predicted octanol–water partition coefficient (Wildman–Crippen LogP) is 3.02. The third-order valence-corrected chi connectivity index (χ3v) is 1.73. The number of ether oxygens (including phenoxy) is 1. The van der Waals surface area contributed by atoms with Crippen LogP contribution in [0.15, 0.2) is 6.07 Å². The molecule has 0 bridgehead atoms. The fourth-order valence-electron chi connectivity index (χ4n) is 0.805. The van der Waals surface area contributed by atoms with E-state index in [-0.39, 0.29) is 6.61 Å². The summed E-state index contributed by atoms with van der Waals surface area (Å²) < 4.78 is 55.1. The second-order valence-corrected chi connectivity index (χ2v) is 3.13. The van der Waals surface area contributed by atoms with Crippen molar-refractivity contribution in [1.29, 1.82) is 0 Å². The van der Waals surface area contributed by atoms with Crippen molar-refractivity contribution in [3.63, 3.8) is 0 Å². The van der Waals surface area contributed by atoms with E-state index < -0.39 is 29.0 Å². The molecule has 1 nitrogen and oxygen atoms in total. The van der Waals surface area contributed by atoms with Crippen molar-refractivity contribution in [3.05, 3.63) is 29.3 Å². The summed E-state index contributed by atoms with van der Waals surface area (Å²) in [6.07, 6.45) is 0. The van der Waals surface area contributed by atoms with Gasteiger partial charge in [-0.25, -0.2) is 13.2 Å². The lowest BCUT2D eigenvalue weighted by molar-refractivity contribution is 0.305. The van der Waals surface area contributed by atoms with Crippen molar-refractivity contribution in [3.8, 4) is 5.75 Å². The Labute approximate surface area is 85.8 Å². The van der Waals surface area contributed by atoms with Crippen molar-refractivity contribution in [2.45, 2.75) is 0 Å². The van der Waals surface area contributed by atoms with Gasteiger partial charge in [-0.05, 0) is 0 Å². The smallest absolute Gasteiger partial charge is 0.203 e. The lowest BCUT2D eigenvalue weighted by atomic mass is 10.3. The lowest BCUT2D eigenvalue weighted by Gasteiger charge is -2.06. The topological polar surface area (TPSA) is 9.23 Å². The Morgan fingerprint density at radius 2 is 1.71 bits per heavy atom. The lowest BCUT2D eigenvalue weighted by Crippen LogP contribution is -2.04. The largest absolute Gasteiger partial charge is 0.489 e. The number of rotatable bonds is 3. The highest BCUT2D eigenvalue weighted by Gasteiger charge is 2.19. The minimum absolute atomic E-state index is 0.0292. The molecule has 78 valence electrons. The first-order valence-electron chi connectivity index (χ1n) is 3.59. The summed E-state index contributed by atoms with van der Waals surface area (Å²) in [6.45, 7) is 0.0292. The second kappa shape index (κ2) is 4.63. The molecule has 6 heteroatoms. The number of hydrogen-bond donors (Lipinski definition) is 0. The zero-order valence-electron chi connectivity index (χ0n) is 6.79. The molecule has 14 heavy (non-hydrogen) atoms. The first-order valence-corrected chi connectivity index (χ1v) is 4.71. The van der Waals surface area contributed by atoms with Crippen LogP contribution in [0.2, 0.25) is 0 Å². The quantitative estimate of drug-likeness (QED) is 0.356. The normalized spacial score (nSPS) is 10.4. The summed E-state index contributed by atoms with van der Waals surface area (Å²) in [5.74, 6) is -7.34. The molecule has 0 saturated heterocycles. The summed E-state index contributed by atoms with van der Waals surface area (Å²) in [5.41, 5.74) is 0. The second-order valence-electron chi connectivity index (χ2n) is 2.34. The minimum Gasteiger partial charge on any atom is -0.489 e. The Morgan fingerprint density at radius 3 is 2.29 bits per heavy atom. The van der Waals surface area contributed by atoms with E-state index in [4.69, 9.17) is 0 Å². The number of benzene rings is 1. The van der Waals surface area contributed by atoms with Gasteiger partial charge in [0.15, 0.2) is 17.4 Å². The van der Waals surface area contributed by atoms with E-state index >= 15 is 0 Å². The van der Waals surface area contributed by atoms with Gasteiger partial charge in [-0.15, -0.1) is 0 Å². The standard InChI is InChI=1S/C8H5BrF4O/c9-1-2-14-5-3-4(10)6(11)8(13)7(5)12/h3H,1-2H2. The van der Waals surface area contributed by atoms with Crippen LogP contribution in [-0.4, -0.2) is 11.9 Å². The fourth-order valence-corrected chi connectivity index (χ4v) is 0.967. The van der Waals surface area contributed by atoms with Crippen LogP contribution in [-0.2, 0) is 0 Å². The van der Waals surface area contributed by atoms with Crippen LogP contribution in [0.25, 0.3) is 0 Å². The van der Waals surface area contributed by atoms with Crippen LogP contribution in [0.1, 0.15) is 0 Å². The van der Waals surface area contributed by atoms with Gasteiger partial charge in [0.2, 0.25) is 11.6 Å². The van der Waals surface area contributed by atoms with Gasteiger partial charge < -0.3 is 4.74 Å². The molecule has 1 aromatic rings. The number of alkyl halides is 1. The maximum Gasteiger partial charge on any atom is 0.203 e. The van der Waals surface area contributed by atoms with E-state index in [0.717, 1.165) is 0 Å². The molecule has 0 fully saturated rings. The van der Waals surface area contributed by atoms with Crippen LogP contribution in [0, 0.1) is 23.3 Å². The first kappa shape index (κ1) is 11.3. The van der Waals surface area contributed by atoms with Crippen LogP contribution in [0.5, 0.6) is 5.75 Å². The Hall–Kier alpha value is -0.780. The van der Waals surface area contributed by atoms with Gasteiger partial charge in [-0.2, -0.15) is 4.39 Å². The highest BCUT2D eigenvalue weighted by Crippen LogP contribution is 2.24. The highest BCUT2D eigenvalue weighted by atomic mass is 79.9. The predicted molar refractivity (Wildman–Crippen MR) is 45.6 cm³/mol. The third kappa shape index (κ3) is 2.17. The van der Waals surface area contributed by atoms with Gasteiger partial charge in [-0.1, -0.05) is 15.9 Å². The van der Waals surface area contributed by atoms with Crippen LogP contribution in [0.3, 0.4) is 0 Å². The maximum atomic E-state index is 12.8. The molecule has 0 radical (unpaired) electrons. The monoisotopic (exact) mass is 272 g/mol. The molecule has 0 aliphatic carbocycles. The van der Waals surface area contributed by atoms with Crippen LogP contribution < -0.4 is 4.74 Å². The zero-order chi connectivity index (χ0) is 10.7. The van der Waals surface area contributed by atoms with Crippen molar-refractivity contribution in [2.24, 2.45) is 0 Å². The fraction of sp³-hybridized carbons (Fsp3) is 0.250. The van der Waals surface area contributed by atoms with Gasteiger partial charge in [0.1, 0.15) is 0 Å². The van der Waals surface area contributed by atoms with E-state index in [1.165, 1.54) is 0 Å². The highest BCUT2D eigenvalue weighted by molar-refractivity contribution is 9.09. The molecule has 0 unspecified atom stereocenters. The first-order chi connectivity index (χ1) is 6.57. The molecule has 0 aliphatic rings. The average molecular weight is 273 g/mol. The van der Waals surface area contributed by atoms with Gasteiger partial charge in [0.05, 0.1) is 6.61 Å². The van der Waals surface area contributed by atoms with E-state index in [1.807, 2.05) is 0 Å². The molecule has 1 aromatic carbocycles. The van der Waals surface area contributed by atoms with Crippen molar-refractivity contribution >= 4 is 15.9 Å². The van der Waals surface area contributed by atoms with E-state index in [9.17, 15) is 17.6 Å². The summed E-state index contributed by atoms with van der Waals surface area (Å²) in [5, 5.41) is 0.368. The van der Waals surface area contributed by atoms with E-state index in [2.05, 4.69) is 20.7 Å². The zero-order valence-corrected chi connectivity index (χ0v) is 8.38.